The number of fused-ring (bicyclic) bond motifs is 4. The van der Waals surface area contributed by atoms with Crippen molar-refractivity contribution in [2.45, 2.75) is 24.2 Å². The van der Waals surface area contributed by atoms with E-state index in [-0.39, 0.29) is 0 Å². The molecule has 0 aliphatic carbocycles. The molecule has 150 valence electrons. The van der Waals surface area contributed by atoms with E-state index in [9.17, 15) is 5.26 Å². The molecule has 0 unspecified atom stereocenters. The van der Waals surface area contributed by atoms with Crippen LogP contribution in [0.4, 0.5) is 0 Å². The van der Waals surface area contributed by atoms with E-state index in [0.29, 0.717) is 5.56 Å². The number of hydrogen-bond donors (Lipinski definition) is 0. The van der Waals surface area contributed by atoms with Crippen molar-refractivity contribution < 1.29 is 0 Å². The average Bonchev–Trinajstić information content (AvgIpc) is 2.76. The van der Waals surface area contributed by atoms with Crippen LogP contribution in [0.15, 0.2) is 72.9 Å². The molecule has 1 heterocycles. The van der Waals surface area contributed by atoms with E-state index >= 15 is 0 Å². The number of aromatic nitrogens is 1. The maximum atomic E-state index is 9.73. The average molecular weight is 461 g/mol. The van der Waals surface area contributed by atoms with Gasteiger partial charge in [-0.3, -0.25) is 0 Å². The van der Waals surface area contributed by atoms with E-state index in [1.54, 1.807) is 4.40 Å². The molecule has 0 fully saturated rings. The second-order valence-electron chi connectivity index (χ2n) is 9.33. The summed E-state index contributed by atoms with van der Waals surface area (Å²) in [6, 6.07) is 25.9. The van der Waals surface area contributed by atoms with Gasteiger partial charge < -0.3 is 0 Å². The van der Waals surface area contributed by atoms with Crippen LogP contribution in [0.1, 0.15) is 11.1 Å². The Labute approximate surface area is 185 Å². The van der Waals surface area contributed by atoms with Gasteiger partial charge in [-0.05, 0) is 0 Å². The first kappa shape index (κ1) is 19.8. The van der Waals surface area contributed by atoms with E-state index in [4.69, 9.17) is 4.98 Å². The molecule has 0 aliphatic heterocycles. The standard InChI is InChI=1S/C28H24GeN2/c1-18-13-26-23-11-12-31-28(25(23)10-9-24(26)27(14-18)29(2,3)4)20-15-19-7-5-6-8-22(19)21(16-20)17-30/h5-16H,1-4H3. The Kier molecular flexibility index (Phi) is 4.61. The predicted octanol–water partition coefficient (Wildman–Crippen LogP) is 6.93. The summed E-state index contributed by atoms with van der Waals surface area (Å²) in [6.07, 6.45) is 1.90. The fraction of sp³-hybridized carbons (Fsp3) is 0.143. The van der Waals surface area contributed by atoms with Gasteiger partial charge >= 0.3 is 186 Å². The van der Waals surface area contributed by atoms with Crippen LogP contribution < -0.4 is 4.40 Å². The first-order valence-corrected chi connectivity index (χ1v) is 18.0. The molecule has 3 heteroatoms. The van der Waals surface area contributed by atoms with Crippen LogP contribution in [-0.4, -0.2) is 18.3 Å². The van der Waals surface area contributed by atoms with Crippen LogP contribution in [0.3, 0.4) is 0 Å². The molecule has 0 N–H and O–H groups in total. The van der Waals surface area contributed by atoms with Crippen molar-refractivity contribution in [3.05, 3.63) is 84.1 Å². The molecule has 0 aliphatic rings. The maximum absolute atomic E-state index is 9.73. The summed E-state index contributed by atoms with van der Waals surface area (Å²) in [7, 11) is 0. The van der Waals surface area contributed by atoms with Gasteiger partial charge in [0.2, 0.25) is 0 Å². The minimum absolute atomic E-state index is 0.687. The van der Waals surface area contributed by atoms with Crippen molar-refractivity contribution in [1.29, 1.82) is 5.26 Å². The number of nitrogens with zero attached hydrogens (tertiary/aromatic N) is 2. The van der Waals surface area contributed by atoms with Gasteiger partial charge in [-0.15, -0.1) is 0 Å². The molecular formula is C28H24GeN2. The molecular weight excluding hydrogens is 437 g/mol. The molecule has 4 aromatic carbocycles. The summed E-state index contributed by atoms with van der Waals surface area (Å²) < 4.78 is 1.55. The molecule has 0 spiro atoms. The fourth-order valence-corrected chi connectivity index (χ4v) is 8.17. The van der Waals surface area contributed by atoms with Crippen molar-refractivity contribution in [2.24, 2.45) is 0 Å². The zero-order valence-corrected chi connectivity index (χ0v) is 20.4. The zero-order chi connectivity index (χ0) is 21.8. The molecule has 1 aromatic heterocycles. The molecule has 0 atom stereocenters. The van der Waals surface area contributed by atoms with Crippen molar-refractivity contribution in [3.63, 3.8) is 0 Å². The van der Waals surface area contributed by atoms with Crippen LogP contribution in [0.5, 0.6) is 0 Å². The Hall–Kier alpha value is -3.16. The second-order valence-corrected chi connectivity index (χ2v) is 19.9. The van der Waals surface area contributed by atoms with Crippen molar-refractivity contribution in [3.8, 4) is 17.3 Å². The summed E-state index contributed by atoms with van der Waals surface area (Å²) in [5.41, 5.74) is 3.92. The second kappa shape index (κ2) is 7.22. The third-order valence-corrected chi connectivity index (χ3v) is 10.3. The van der Waals surface area contributed by atoms with Crippen LogP contribution in [0.25, 0.3) is 43.6 Å². The summed E-state index contributed by atoms with van der Waals surface area (Å²) in [5.74, 6) is 7.36. The molecule has 0 saturated heterocycles. The van der Waals surface area contributed by atoms with Gasteiger partial charge in [0.25, 0.3) is 0 Å². The SMILES string of the molecule is Cc1c[c]([Ge]([CH3])([CH3])[CH3])c2ccc3c(-c4cc(C#N)c5ccccc5c4)nccc3c2c1. The topological polar surface area (TPSA) is 36.7 Å². The fourth-order valence-electron chi connectivity index (χ4n) is 4.63. The van der Waals surface area contributed by atoms with E-state index in [1.165, 1.54) is 21.7 Å². The number of rotatable bonds is 2. The van der Waals surface area contributed by atoms with Crippen LogP contribution in [0.2, 0.25) is 17.3 Å². The number of benzene rings is 4. The summed E-state index contributed by atoms with van der Waals surface area (Å²) >= 11 is -2.03. The number of aryl methyl sites for hydroxylation is 1. The van der Waals surface area contributed by atoms with Gasteiger partial charge in [0.1, 0.15) is 0 Å². The minimum atomic E-state index is -2.03. The van der Waals surface area contributed by atoms with E-state index in [2.05, 4.69) is 72.7 Å². The number of nitriles is 1. The molecule has 0 bridgehead atoms. The number of hydrogen-bond acceptors (Lipinski definition) is 2. The van der Waals surface area contributed by atoms with Gasteiger partial charge in [-0.1, -0.05) is 0 Å². The third-order valence-electron chi connectivity index (χ3n) is 6.09. The molecule has 31 heavy (non-hydrogen) atoms. The first-order chi connectivity index (χ1) is 14.9. The van der Waals surface area contributed by atoms with Crippen LogP contribution in [-0.2, 0) is 0 Å². The van der Waals surface area contributed by atoms with E-state index < -0.39 is 13.3 Å². The molecule has 0 saturated carbocycles. The van der Waals surface area contributed by atoms with Crippen molar-refractivity contribution in [1.82, 2.24) is 4.98 Å². The Morgan fingerprint density at radius 3 is 2.32 bits per heavy atom. The Morgan fingerprint density at radius 2 is 1.55 bits per heavy atom. The third kappa shape index (κ3) is 3.30. The number of pyridine rings is 1. The zero-order valence-electron chi connectivity index (χ0n) is 18.3. The van der Waals surface area contributed by atoms with Gasteiger partial charge in [0, 0.05) is 0 Å². The predicted molar refractivity (Wildman–Crippen MR) is 135 cm³/mol. The van der Waals surface area contributed by atoms with E-state index in [0.717, 1.165) is 27.4 Å². The first-order valence-electron chi connectivity index (χ1n) is 10.6. The summed E-state index contributed by atoms with van der Waals surface area (Å²) in [4.78, 5) is 4.76. The summed E-state index contributed by atoms with van der Waals surface area (Å²) in [6.45, 7) is 2.19. The molecule has 0 amide bonds. The quantitative estimate of drug-likeness (QED) is 0.211. The van der Waals surface area contributed by atoms with Crippen molar-refractivity contribution in [2.75, 3.05) is 0 Å². The molecule has 0 radical (unpaired) electrons. The van der Waals surface area contributed by atoms with Gasteiger partial charge in [0.15, 0.2) is 0 Å². The van der Waals surface area contributed by atoms with Gasteiger partial charge in [-0.2, -0.15) is 0 Å². The summed E-state index contributed by atoms with van der Waals surface area (Å²) in [5, 5.41) is 16.8. The van der Waals surface area contributed by atoms with Gasteiger partial charge in [0.05, 0.1) is 0 Å². The molecule has 2 nitrogen and oxygen atoms in total. The van der Waals surface area contributed by atoms with Crippen LogP contribution >= 0.6 is 0 Å². The van der Waals surface area contributed by atoms with Crippen molar-refractivity contribution >= 4 is 50.0 Å². The molecule has 5 rings (SSSR count). The molecule has 5 aromatic rings. The Morgan fingerprint density at radius 1 is 0.774 bits per heavy atom. The van der Waals surface area contributed by atoms with Crippen LogP contribution in [0, 0.1) is 18.3 Å². The monoisotopic (exact) mass is 462 g/mol. The van der Waals surface area contributed by atoms with E-state index in [1.807, 2.05) is 30.5 Å². The van der Waals surface area contributed by atoms with Gasteiger partial charge in [-0.25, -0.2) is 0 Å². The Bertz CT molecular complexity index is 1540. The normalized spacial score (nSPS) is 11.8. The Balaban J connectivity index is 1.85.